The van der Waals surface area contributed by atoms with Gasteiger partial charge in [-0.1, -0.05) is 56.8 Å². The van der Waals surface area contributed by atoms with Crippen molar-refractivity contribution in [3.8, 4) is 5.75 Å². The van der Waals surface area contributed by atoms with E-state index in [1.54, 1.807) is 44.6 Å². The van der Waals surface area contributed by atoms with E-state index >= 15 is 0 Å². The van der Waals surface area contributed by atoms with E-state index in [1.807, 2.05) is 51.1 Å². The zero-order chi connectivity index (χ0) is 31.7. The van der Waals surface area contributed by atoms with E-state index in [0.717, 1.165) is 5.57 Å². The number of hydrogen-bond acceptors (Lipinski definition) is 9. The third-order valence-electron chi connectivity index (χ3n) is 11.2. The number of aliphatic hydroxyl groups excluding tert-OH is 2. The topological polar surface area (TPSA) is 127 Å². The van der Waals surface area contributed by atoms with Crippen molar-refractivity contribution < 1.29 is 43.8 Å². The fourth-order valence-electron chi connectivity index (χ4n) is 9.22. The largest absolute Gasteiger partial charge is 0.486 e. The van der Waals surface area contributed by atoms with Gasteiger partial charge in [0.2, 0.25) is 0 Å². The molecule has 0 radical (unpaired) electrons. The highest BCUT2D eigenvalue weighted by molar-refractivity contribution is 5.89. The monoisotopic (exact) mass is 608 g/mol. The highest BCUT2D eigenvalue weighted by Crippen LogP contribution is 2.68. The van der Waals surface area contributed by atoms with Crippen molar-refractivity contribution in [1.82, 2.24) is 0 Å². The van der Waals surface area contributed by atoms with Crippen LogP contribution in [0.1, 0.15) is 44.0 Å². The van der Waals surface area contributed by atoms with E-state index in [-0.39, 0.29) is 11.8 Å². The summed E-state index contributed by atoms with van der Waals surface area (Å²) < 4.78 is 32.2. The molecular weight excluding hydrogens is 564 g/mol. The summed E-state index contributed by atoms with van der Waals surface area (Å²) in [6.07, 6.45) is -3.39. The maximum absolute atomic E-state index is 13.4. The van der Waals surface area contributed by atoms with Gasteiger partial charge in [0.05, 0.1) is 24.2 Å². The molecule has 1 heterocycles. The van der Waals surface area contributed by atoms with E-state index in [1.165, 1.54) is 0 Å². The summed E-state index contributed by atoms with van der Waals surface area (Å²) in [6.45, 7) is 9.57. The Hall–Kier alpha value is -2.79. The molecule has 44 heavy (non-hydrogen) atoms. The number of aliphatic hydroxyl groups is 3. The molecule has 0 amide bonds. The minimum Gasteiger partial charge on any atom is -0.486 e. The lowest BCUT2D eigenvalue weighted by Crippen LogP contribution is -2.73. The summed E-state index contributed by atoms with van der Waals surface area (Å²) in [5.41, 5.74) is -4.66. The third kappa shape index (κ3) is 4.10. The van der Waals surface area contributed by atoms with Crippen LogP contribution in [0.4, 0.5) is 0 Å². The number of epoxide rings is 1. The van der Waals surface area contributed by atoms with Gasteiger partial charge >= 0.3 is 5.97 Å². The molecule has 0 unspecified atom stereocenters. The van der Waals surface area contributed by atoms with Crippen LogP contribution < -0.4 is 4.74 Å². The zero-order valence-electron chi connectivity index (χ0n) is 26.0. The molecule has 0 spiro atoms. The second-order valence-corrected chi connectivity index (χ2v) is 13.3. The standard InChI is InChI=1S/C35H44O9/c1-20(2)32(41-6)18-22(4)35(43-24-15-11-8-12-16-24)25-17-21(3)27(42-30(37)23-13-9-7-10-14-23)34(25,39)31(38)33(19-36)29(44-33)26(35)28(32)40-5/h7-16,21-22,25-29,31,36,38-39H,1,17-19H2,2-6H3/t21-,22+,25+,26+,27-,28+,29-,31+,32+,33-,34+,35-/m0/s1. The number of ether oxygens (including phenoxy) is 5. The van der Waals surface area contributed by atoms with E-state index in [9.17, 15) is 20.1 Å². The summed E-state index contributed by atoms with van der Waals surface area (Å²) in [7, 11) is 3.23. The fraction of sp³-hybridized carbons (Fsp3) is 0.571. The van der Waals surface area contributed by atoms with Crippen LogP contribution in [0.3, 0.4) is 0 Å². The summed E-state index contributed by atoms with van der Waals surface area (Å²) in [6, 6.07) is 17.9. The molecule has 2 aromatic carbocycles. The number of esters is 1. The molecule has 3 saturated carbocycles. The SMILES string of the molecule is C=C(C)[C@]1(OC)C[C@@H](C)[C@@]2(Oc3ccccc3)[C@H]([C@H]1OC)[C@@H]1O[C@]1(CO)[C@@H](O)[C@@]1(O)[C@H]2C[C@H](C)[C@@H]1OC(=O)c1ccccc1. The normalized spacial score (nSPS) is 44.0. The van der Waals surface area contributed by atoms with Gasteiger partial charge in [-0.05, 0) is 61.4 Å². The molecule has 238 valence electrons. The number of benzene rings is 2. The Labute approximate surface area is 258 Å². The first kappa shape index (κ1) is 31.2. The second-order valence-electron chi connectivity index (χ2n) is 13.3. The predicted molar refractivity (Wildman–Crippen MR) is 161 cm³/mol. The Morgan fingerprint density at radius 3 is 2.25 bits per heavy atom. The van der Waals surface area contributed by atoms with Gasteiger partial charge in [-0.25, -0.2) is 4.79 Å². The maximum atomic E-state index is 13.4. The lowest BCUT2D eigenvalue weighted by Gasteiger charge is -2.60. The molecule has 12 atom stereocenters. The average Bonchev–Trinajstić information content (AvgIpc) is 3.72. The summed E-state index contributed by atoms with van der Waals surface area (Å²) >= 11 is 0. The Balaban J connectivity index is 1.57. The van der Waals surface area contributed by atoms with Crippen LogP contribution in [0.2, 0.25) is 0 Å². The van der Waals surface area contributed by atoms with E-state index in [4.69, 9.17) is 23.7 Å². The van der Waals surface area contributed by atoms with Gasteiger partial charge in [0.1, 0.15) is 46.5 Å². The molecule has 6 rings (SSSR count). The fourth-order valence-corrected chi connectivity index (χ4v) is 9.22. The van der Waals surface area contributed by atoms with Crippen molar-refractivity contribution in [2.24, 2.45) is 23.7 Å². The molecule has 0 bridgehead atoms. The van der Waals surface area contributed by atoms with Crippen molar-refractivity contribution in [2.45, 2.75) is 80.4 Å². The Morgan fingerprint density at radius 1 is 1.05 bits per heavy atom. The number of fused-ring (bicyclic) bond motifs is 5. The summed E-state index contributed by atoms with van der Waals surface area (Å²) in [5, 5.41) is 36.2. The van der Waals surface area contributed by atoms with Crippen molar-refractivity contribution >= 4 is 5.97 Å². The van der Waals surface area contributed by atoms with Gasteiger partial charge in [0.25, 0.3) is 0 Å². The molecule has 2 aromatic rings. The summed E-state index contributed by atoms with van der Waals surface area (Å²) in [4.78, 5) is 13.4. The smallest absolute Gasteiger partial charge is 0.338 e. The van der Waals surface area contributed by atoms with Gasteiger partial charge in [0, 0.05) is 20.1 Å². The highest BCUT2D eigenvalue weighted by Gasteiger charge is 2.85. The van der Waals surface area contributed by atoms with Crippen LogP contribution in [0, 0.1) is 23.7 Å². The van der Waals surface area contributed by atoms with Crippen LogP contribution in [-0.4, -0.2) is 88.9 Å². The van der Waals surface area contributed by atoms with Gasteiger partial charge in [-0.2, -0.15) is 0 Å². The predicted octanol–water partition coefficient (Wildman–Crippen LogP) is 3.55. The zero-order valence-corrected chi connectivity index (χ0v) is 26.0. The minimum atomic E-state index is -2.05. The third-order valence-corrected chi connectivity index (χ3v) is 11.2. The van der Waals surface area contributed by atoms with Crippen molar-refractivity contribution in [1.29, 1.82) is 0 Å². The Morgan fingerprint density at radius 2 is 1.68 bits per heavy atom. The Bertz CT molecular complexity index is 1390. The van der Waals surface area contributed by atoms with Crippen LogP contribution in [0.15, 0.2) is 72.8 Å². The molecule has 4 fully saturated rings. The molecule has 1 aliphatic heterocycles. The van der Waals surface area contributed by atoms with Crippen molar-refractivity contribution in [3.05, 3.63) is 78.4 Å². The Kier molecular flexibility index (Phi) is 7.75. The quantitative estimate of drug-likeness (QED) is 0.234. The minimum absolute atomic E-state index is 0.311. The summed E-state index contributed by atoms with van der Waals surface area (Å²) in [5.74, 6) is -2.12. The number of hydrogen-bond donors (Lipinski definition) is 3. The van der Waals surface area contributed by atoms with Crippen LogP contribution in [0.5, 0.6) is 5.75 Å². The van der Waals surface area contributed by atoms with Gasteiger partial charge < -0.3 is 39.0 Å². The lowest BCUT2D eigenvalue weighted by atomic mass is 9.54. The lowest BCUT2D eigenvalue weighted by molar-refractivity contribution is -0.265. The molecule has 9 nitrogen and oxygen atoms in total. The molecule has 1 saturated heterocycles. The number of carbonyl (C=O) groups excluding carboxylic acids is 1. The van der Waals surface area contributed by atoms with Crippen molar-refractivity contribution in [2.75, 3.05) is 20.8 Å². The molecule has 9 heteroatoms. The first-order valence-electron chi connectivity index (χ1n) is 15.4. The number of para-hydroxylation sites is 1. The van der Waals surface area contributed by atoms with Crippen LogP contribution >= 0.6 is 0 Å². The van der Waals surface area contributed by atoms with E-state index in [0.29, 0.717) is 24.2 Å². The molecule has 3 aliphatic carbocycles. The van der Waals surface area contributed by atoms with Crippen molar-refractivity contribution in [3.63, 3.8) is 0 Å². The van der Waals surface area contributed by atoms with Gasteiger partial charge in [-0.15, -0.1) is 0 Å². The van der Waals surface area contributed by atoms with E-state index in [2.05, 4.69) is 6.58 Å². The molecule has 0 aromatic heterocycles. The first-order chi connectivity index (χ1) is 21.0. The number of methoxy groups -OCH3 is 2. The first-order valence-corrected chi connectivity index (χ1v) is 15.4. The maximum Gasteiger partial charge on any atom is 0.338 e. The second kappa shape index (κ2) is 10.9. The van der Waals surface area contributed by atoms with Gasteiger partial charge in [-0.3, -0.25) is 0 Å². The molecule has 4 aliphatic rings. The molecule has 3 N–H and O–H groups in total. The number of rotatable bonds is 8. The average molecular weight is 609 g/mol. The van der Waals surface area contributed by atoms with Crippen LogP contribution in [0.25, 0.3) is 0 Å². The molecular formula is C35H44O9. The van der Waals surface area contributed by atoms with Crippen LogP contribution in [-0.2, 0) is 18.9 Å². The van der Waals surface area contributed by atoms with Gasteiger partial charge in [0.15, 0.2) is 0 Å². The number of carbonyl (C=O) groups is 1. The van der Waals surface area contributed by atoms with E-state index < -0.39 is 71.2 Å². The highest BCUT2D eigenvalue weighted by atomic mass is 16.6.